The summed E-state index contributed by atoms with van der Waals surface area (Å²) >= 11 is 3.27. The van der Waals surface area contributed by atoms with Crippen LogP contribution in [0.5, 0.6) is 0 Å². The van der Waals surface area contributed by atoms with Crippen molar-refractivity contribution in [3.63, 3.8) is 0 Å². The zero-order valence-electron chi connectivity index (χ0n) is 7.32. The highest BCUT2D eigenvalue weighted by molar-refractivity contribution is 9.09. The van der Waals surface area contributed by atoms with Crippen molar-refractivity contribution in [2.75, 3.05) is 5.33 Å². The van der Waals surface area contributed by atoms with Crippen LogP contribution >= 0.6 is 15.9 Å². The molecule has 0 amide bonds. The first-order chi connectivity index (χ1) is 6.25. The fourth-order valence-electron chi connectivity index (χ4n) is 1.55. The van der Waals surface area contributed by atoms with E-state index in [1.807, 2.05) is 18.2 Å². The Bertz CT molecular complexity index is 233. The smallest absolute Gasteiger partial charge is 0.307 e. The first kappa shape index (κ1) is 10.5. The Morgan fingerprint density at radius 1 is 1.69 bits per heavy atom. The van der Waals surface area contributed by atoms with Gasteiger partial charge in [-0.25, -0.2) is 0 Å². The molecule has 0 saturated heterocycles. The zero-order chi connectivity index (χ0) is 9.68. The molecule has 0 aromatic rings. The summed E-state index contributed by atoms with van der Waals surface area (Å²) in [5, 5.41) is 9.71. The molecule has 1 aliphatic carbocycles. The van der Waals surface area contributed by atoms with Gasteiger partial charge in [-0.1, -0.05) is 40.2 Å². The van der Waals surface area contributed by atoms with E-state index >= 15 is 0 Å². The van der Waals surface area contributed by atoms with Crippen LogP contribution in [0.25, 0.3) is 0 Å². The van der Waals surface area contributed by atoms with Crippen LogP contribution in [0.15, 0.2) is 24.3 Å². The van der Waals surface area contributed by atoms with E-state index in [0.717, 1.165) is 18.2 Å². The minimum Gasteiger partial charge on any atom is -0.481 e. The molecule has 0 spiro atoms. The lowest BCUT2D eigenvalue weighted by molar-refractivity contribution is -0.142. The van der Waals surface area contributed by atoms with Gasteiger partial charge in [-0.3, -0.25) is 4.79 Å². The zero-order valence-corrected chi connectivity index (χ0v) is 8.90. The molecule has 0 radical (unpaired) electrons. The van der Waals surface area contributed by atoms with E-state index in [0.29, 0.717) is 0 Å². The Balaban J connectivity index is 2.66. The third-order valence-corrected chi connectivity index (χ3v) is 2.61. The molecule has 0 aromatic heterocycles. The van der Waals surface area contributed by atoms with E-state index in [2.05, 4.69) is 22.0 Å². The number of halogens is 1. The van der Waals surface area contributed by atoms with Crippen LogP contribution in [0.2, 0.25) is 0 Å². The van der Waals surface area contributed by atoms with Crippen molar-refractivity contribution in [3.8, 4) is 0 Å². The van der Waals surface area contributed by atoms with Gasteiger partial charge in [-0.05, 0) is 12.8 Å². The van der Waals surface area contributed by atoms with Gasteiger partial charge in [-0.15, -0.1) is 0 Å². The maximum Gasteiger partial charge on any atom is 0.307 e. The van der Waals surface area contributed by atoms with Crippen LogP contribution in [-0.4, -0.2) is 16.4 Å². The van der Waals surface area contributed by atoms with Crippen molar-refractivity contribution in [1.82, 2.24) is 0 Å². The molecule has 2 unspecified atom stereocenters. The summed E-state index contributed by atoms with van der Waals surface area (Å²) in [5.74, 6) is -0.849. The third-order valence-electron chi connectivity index (χ3n) is 2.23. The minimum atomic E-state index is -0.687. The molecular formula is C10H13BrO2. The molecular weight excluding hydrogens is 232 g/mol. The predicted octanol–water partition coefficient (Wildman–Crippen LogP) is 2.60. The fraction of sp³-hybridized carbons (Fsp3) is 0.500. The number of hydrogen-bond acceptors (Lipinski definition) is 1. The molecule has 0 heterocycles. The summed E-state index contributed by atoms with van der Waals surface area (Å²) in [6.07, 6.45) is 9.60. The number of alkyl halides is 1. The topological polar surface area (TPSA) is 37.3 Å². The van der Waals surface area contributed by atoms with Crippen LogP contribution in [0, 0.1) is 11.8 Å². The molecule has 3 heteroatoms. The van der Waals surface area contributed by atoms with Gasteiger partial charge in [0.15, 0.2) is 0 Å². The summed E-state index contributed by atoms with van der Waals surface area (Å²) < 4.78 is 0. The Hall–Kier alpha value is -0.570. The van der Waals surface area contributed by atoms with Crippen LogP contribution in [0.4, 0.5) is 0 Å². The average Bonchev–Trinajstić information content (AvgIpc) is 2.15. The van der Waals surface area contributed by atoms with Crippen LogP contribution < -0.4 is 0 Å². The van der Waals surface area contributed by atoms with E-state index in [-0.39, 0.29) is 11.8 Å². The molecule has 0 fully saturated rings. The lowest BCUT2D eigenvalue weighted by Crippen LogP contribution is -2.22. The standard InChI is InChI=1S/C10H13BrO2/c11-7-3-5-8-4-1-2-6-9(8)10(12)13/h1,3-5,8-9H,2,6-7H2,(H,12,13). The van der Waals surface area contributed by atoms with Gasteiger partial charge in [0.25, 0.3) is 0 Å². The number of carboxylic acids is 1. The molecule has 1 rings (SSSR count). The fourth-order valence-corrected chi connectivity index (χ4v) is 1.77. The average molecular weight is 245 g/mol. The number of carboxylic acid groups (broad SMARTS) is 1. The quantitative estimate of drug-likeness (QED) is 0.613. The van der Waals surface area contributed by atoms with Crippen LogP contribution in [0.1, 0.15) is 12.8 Å². The normalized spacial score (nSPS) is 28.1. The lowest BCUT2D eigenvalue weighted by atomic mass is 9.84. The molecule has 0 bridgehead atoms. The maximum atomic E-state index is 10.8. The van der Waals surface area contributed by atoms with E-state index in [1.165, 1.54) is 0 Å². The molecule has 1 N–H and O–H groups in total. The van der Waals surface area contributed by atoms with Crippen molar-refractivity contribution in [2.45, 2.75) is 12.8 Å². The monoisotopic (exact) mass is 244 g/mol. The predicted molar refractivity (Wildman–Crippen MR) is 55.9 cm³/mol. The number of aliphatic carboxylic acids is 1. The van der Waals surface area contributed by atoms with Gasteiger partial charge in [0, 0.05) is 11.2 Å². The number of rotatable bonds is 3. The van der Waals surface area contributed by atoms with Gasteiger partial charge in [0.2, 0.25) is 0 Å². The summed E-state index contributed by atoms with van der Waals surface area (Å²) in [6, 6.07) is 0. The van der Waals surface area contributed by atoms with Crippen molar-refractivity contribution in [1.29, 1.82) is 0 Å². The van der Waals surface area contributed by atoms with Gasteiger partial charge in [-0.2, -0.15) is 0 Å². The lowest BCUT2D eigenvalue weighted by Gasteiger charge is -2.20. The highest BCUT2D eigenvalue weighted by atomic mass is 79.9. The summed E-state index contributed by atoms with van der Waals surface area (Å²) in [5.41, 5.74) is 0. The molecule has 72 valence electrons. The largest absolute Gasteiger partial charge is 0.481 e. The summed E-state index contributed by atoms with van der Waals surface area (Å²) in [6.45, 7) is 0. The highest BCUT2D eigenvalue weighted by Gasteiger charge is 2.25. The molecule has 1 aliphatic rings. The number of hydrogen-bond donors (Lipinski definition) is 1. The van der Waals surface area contributed by atoms with Crippen molar-refractivity contribution in [2.24, 2.45) is 11.8 Å². The maximum absolute atomic E-state index is 10.8. The molecule has 2 nitrogen and oxygen atoms in total. The second kappa shape index (κ2) is 5.22. The van der Waals surface area contributed by atoms with E-state index < -0.39 is 5.97 Å². The van der Waals surface area contributed by atoms with E-state index in [4.69, 9.17) is 5.11 Å². The Labute approximate surface area is 86.5 Å². The van der Waals surface area contributed by atoms with E-state index in [9.17, 15) is 4.79 Å². The Morgan fingerprint density at radius 2 is 2.46 bits per heavy atom. The second-order valence-electron chi connectivity index (χ2n) is 3.11. The van der Waals surface area contributed by atoms with Gasteiger partial charge in [0.05, 0.1) is 5.92 Å². The molecule has 0 saturated carbocycles. The summed E-state index contributed by atoms with van der Waals surface area (Å²) in [7, 11) is 0. The van der Waals surface area contributed by atoms with Crippen molar-refractivity contribution >= 4 is 21.9 Å². The van der Waals surface area contributed by atoms with Gasteiger partial charge < -0.3 is 5.11 Å². The van der Waals surface area contributed by atoms with E-state index in [1.54, 1.807) is 0 Å². The first-order valence-corrected chi connectivity index (χ1v) is 5.50. The Kier molecular flexibility index (Phi) is 4.22. The highest BCUT2D eigenvalue weighted by Crippen LogP contribution is 2.26. The van der Waals surface area contributed by atoms with Crippen molar-refractivity contribution < 1.29 is 9.90 Å². The Morgan fingerprint density at radius 3 is 3.08 bits per heavy atom. The third kappa shape index (κ3) is 2.99. The molecule has 0 aliphatic heterocycles. The SMILES string of the molecule is O=C(O)C1CCC=CC1C=CCBr. The van der Waals surface area contributed by atoms with Gasteiger partial charge in [0.1, 0.15) is 0 Å². The molecule has 2 atom stereocenters. The number of allylic oxidation sites excluding steroid dienone is 4. The molecule has 13 heavy (non-hydrogen) atoms. The second-order valence-corrected chi connectivity index (χ2v) is 3.76. The van der Waals surface area contributed by atoms with Crippen LogP contribution in [-0.2, 0) is 4.79 Å². The molecule has 0 aromatic carbocycles. The minimum absolute atomic E-state index is 0.0730. The summed E-state index contributed by atoms with van der Waals surface area (Å²) in [4.78, 5) is 10.8. The van der Waals surface area contributed by atoms with Crippen molar-refractivity contribution in [3.05, 3.63) is 24.3 Å². The first-order valence-electron chi connectivity index (χ1n) is 4.38. The van der Waals surface area contributed by atoms with Gasteiger partial charge >= 0.3 is 5.97 Å². The number of carbonyl (C=O) groups is 1. The van der Waals surface area contributed by atoms with Crippen LogP contribution in [0.3, 0.4) is 0 Å².